The molecule has 0 fully saturated rings. The summed E-state index contributed by atoms with van der Waals surface area (Å²) in [6, 6.07) is 0. The molecule has 0 bridgehead atoms. The molecule has 17 nitrogen and oxygen atoms in total. The molecule has 0 saturated carbocycles. The second-order valence-corrected chi connectivity index (χ2v) is 32.0. The lowest BCUT2D eigenvalue weighted by molar-refractivity contribution is -0.161. The standard InChI is InChI=1S/C76H148O17P2/c1-9-69(8)55-47-39-34-35-43-51-59-76(81)93-72(63-86-73(78)56-48-40-31-25-21-17-15-13-11-10-12-14-16-19-23-28-36-44-52-66(2)3)65-91-95(84,85)89-61-70(77)60-88-94(82,83)90-64-71(62-87-74(79)57-49-41-33-27-30-38-46-54-68(6)7)92-75(80)58-50-42-32-26-22-18-20-24-29-37-45-53-67(4)5/h66-72,77H,9-65H2,1-8H3,(H,82,83)(H,84,85)/t69?,70?,71-,72-/m1/s1. The quantitative estimate of drug-likeness (QED) is 0.0222. The minimum Gasteiger partial charge on any atom is -0.462 e. The summed E-state index contributed by atoms with van der Waals surface area (Å²) in [6.07, 6.45) is 50.2. The number of hydrogen-bond acceptors (Lipinski definition) is 15. The van der Waals surface area contributed by atoms with Crippen LogP contribution in [-0.2, 0) is 65.4 Å². The number of esters is 4. The van der Waals surface area contributed by atoms with Crippen LogP contribution in [0.25, 0.3) is 0 Å². The molecule has 0 saturated heterocycles. The van der Waals surface area contributed by atoms with Gasteiger partial charge in [0.1, 0.15) is 19.3 Å². The van der Waals surface area contributed by atoms with Crippen molar-refractivity contribution in [1.29, 1.82) is 0 Å². The van der Waals surface area contributed by atoms with E-state index in [0.29, 0.717) is 31.6 Å². The van der Waals surface area contributed by atoms with Crippen molar-refractivity contribution in [3.8, 4) is 0 Å². The van der Waals surface area contributed by atoms with E-state index < -0.39 is 97.5 Å². The van der Waals surface area contributed by atoms with Gasteiger partial charge in [-0.15, -0.1) is 0 Å². The van der Waals surface area contributed by atoms with E-state index in [4.69, 9.17) is 37.0 Å². The highest BCUT2D eigenvalue weighted by Gasteiger charge is 2.30. The molecule has 6 atom stereocenters. The maximum absolute atomic E-state index is 13.1. The Morgan fingerprint density at radius 1 is 0.295 bits per heavy atom. The maximum Gasteiger partial charge on any atom is 0.472 e. The molecule has 0 radical (unpaired) electrons. The van der Waals surface area contributed by atoms with E-state index in [1.54, 1.807) is 0 Å². The lowest BCUT2D eigenvalue weighted by Gasteiger charge is -2.21. The summed E-state index contributed by atoms with van der Waals surface area (Å²) in [5.74, 6) is 0.888. The number of ether oxygens (including phenoxy) is 4. The van der Waals surface area contributed by atoms with Gasteiger partial charge >= 0.3 is 39.5 Å². The van der Waals surface area contributed by atoms with Gasteiger partial charge in [0.05, 0.1) is 26.4 Å². The second-order valence-electron chi connectivity index (χ2n) is 29.1. The molecule has 0 aromatic heterocycles. The van der Waals surface area contributed by atoms with Crippen LogP contribution >= 0.6 is 15.6 Å². The Bertz CT molecular complexity index is 1870. The first-order chi connectivity index (χ1) is 45.6. The number of aliphatic hydroxyl groups excluding tert-OH is 1. The minimum absolute atomic E-state index is 0.103. The van der Waals surface area contributed by atoms with Crippen LogP contribution in [0.15, 0.2) is 0 Å². The number of aliphatic hydroxyl groups is 1. The number of phosphoric acid groups is 2. The summed E-state index contributed by atoms with van der Waals surface area (Å²) in [5, 5.41) is 10.6. The van der Waals surface area contributed by atoms with E-state index in [1.165, 1.54) is 180 Å². The fourth-order valence-electron chi connectivity index (χ4n) is 11.5. The maximum atomic E-state index is 13.1. The van der Waals surface area contributed by atoms with Crippen molar-refractivity contribution >= 4 is 39.5 Å². The normalized spacial score (nSPS) is 14.4. The molecule has 0 heterocycles. The lowest BCUT2D eigenvalue weighted by Crippen LogP contribution is -2.30. The van der Waals surface area contributed by atoms with Crippen LogP contribution in [0.1, 0.15) is 383 Å². The number of rotatable bonds is 73. The fourth-order valence-corrected chi connectivity index (χ4v) is 13.1. The van der Waals surface area contributed by atoms with Gasteiger partial charge in [0, 0.05) is 25.7 Å². The van der Waals surface area contributed by atoms with E-state index in [0.717, 1.165) is 114 Å². The zero-order valence-corrected chi connectivity index (χ0v) is 64.1. The predicted molar refractivity (Wildman–Crippen MR) is 386 cm³/mol. The zero-order valence-electron chi connectivity index (χ0n) is 62.3. The molecule has 0 aliphatic rings. The molecule has 0 aliphatic heterocycles. The van der Waals surface area contributed by atoms with Crippen LogP contribution in [0.3, 0.4) is 0 Å². The van der Waals surface area contributed by atoms with Crippen molar-refractivity contribution in [3.63, 3.8) is 0 Å². The first kappa shape index (κ1) is 93.1. The Hall–Kier alpha value is -1.94. The summed E-state index contributed by atoms with van der Waals surface area (Å²) in [6.45, 7) is 14.1. The van der Waals surface area contributed by atoms with Gasteiger partial charge < -0.3 is 33.8 Å². The molecule has 19 heteroatoms. The van der Waals surface area contributed by atoms with Crippen molar-refractivity contribution in [2.24, 2.45) is 23.7 Å². The van der Waals surface area contributed by atoms with Crippen LogP contribution in [-0.4, -0.2) is 96.7 Å². The Balaban J connectivity index is 5.15. The summed E-state index contributed by atoms with van der Waals surface area (Å²) in [4.78, 5) is 72.7. The topological polar surface area (TPSA) is 237 Å². The molecule has 4 unspecified atom stereocenters. The molecular weight excluding hydrogens is 1250 g/mol. The second kappa shape index (κ2) is 65.4. The smallest absolute Gasteiger partial charge is 0.462 e. The summed E-state index contributed by atoms with van der Waals surface area (Å²) >= 11 is 0. The van der Waals surface area contributed by atoms with Crippen LogP contribution in [0.4, 0.5) is 0 Å². The van der Waals surface area contributed by atoms with E-state index >= 15 is 0 Å². The van der Waals surface area contributed by atoms with Gasteiger partial charge in [0.15, 0.2) is 12.2 Å². The number of phosphoric ester groups is 2. The fraction of sp³-hybridized carbons (Fsp3) is 0.947. The highest BCUT2D eigenvalue weighted by atomic mass is 31.2. The van der Waals surface area contributed by atoms with Gasteiger partial charge in [-0.05, 0) is 49.4 Å². The molecule has 0 aliphatic carbocycles. The van der Waals surface area contributed by atoms with Gasteiger partial charge in [0.2, 0.25) is 0 Å². The van der Waals surface area contributed by atoms with Gasteiger partial charge in [0.25, 0.3) is 0 Å². The van der Waals surface area contributed by atoms with Crippen molar-refractivity contribution in [2.45, 2.75) is 401 Å². The van der Waals surface area contributed by atoms with Crippen LogP contribution in [0.5, 0.6) is 0 Å². The van der Waals surface area contributed by atoms with Crippen LogP contribution < -0.4 is 0 Å². The van der Waals surface area contributed by atoms with Gasteiger partial charge in [-0.25, -0.2) is 9.13 Å². The van der Waals surface area contributed by atoms with Crippen molar-refractivity contribution in [2.75, 3.05) is 39.6 Å². The summed E-state index contributed by atoms with van der Waals surface area (Å²) in [5.41, 5.74) is 0. The van der Waals surface area contributed by atoms with Gasteiger partial charge in [-0.2, -0.15) is 0 Å². The van der Waals surface area contributed by atoms with Crippen molar-refractivity contribution in [3.05, 3.63) is 0 Å². The number of hydrogen-bond donors (Lipinski definition) is 3. The molecule has 3 N–H and O–H groups in total. The third kappa shape index (κ3) is 69.0. The third-order valence-electron chi connectivity index (χ3n) is 17.9. The number of unbranched alkanes of at least 4 members (excludes halogenated alkanes) is 38. The summed E-state index contributed by atoms with van der Waals surface area (Å²) in [7, 11) is -9.91. The van der Waals surface area contributed by atoms with Crippen molar-refractivity contribution < 1.29 is 80.2 Å². The van der Waals surface area contributed by atoms with E-state index in [-0.39, 0.29) is 25.7 Å². The highest BCUT2D eigenvalue weighted by molar-refractivity contribution is 7.47. The van der Waals surface area contributed by atoms with Gasteiger partial charge in [-0.1, -0.05) is 331 Å². The van der Waals surface area contributed by atoms with E-state index in [9.17, 15) is 43.2 Å². The first-order valence-corrected chi connectivity index (χ1v) is 42.2. The largest absolute Gasteiger partial charge is 0.472 e. The molecule has 0 rings (SSSR count). The average molecular weight is 1400 g/mol. The average Bonchev–Trinajstić information content (AvgIpc) is 1.81. The minimum atomic E-state index is -4.96. The molecular formula is C76H148O17P2. The van der Waals surface area contributed by atoms with Crippen LogP contribution in [0, 0.1) is 23.7 Å². The number of carbonyl (C=O) groups is 4. The van der Waals surface area contributed by atoms with Crippen LogP contribution in [0.2, 0.25) is 0 Å². The van der Waals surface area contributed by atoms with E-state index in [2.05, 4.69) is 55.4 Å². The Labute approximate surface area is 581 Å². The van der Waals surface area contributed by atoms with Crippen molar-refractivity contribution in [1.82, 2.24) is 0 Å². The molecule has 0 spiro atoms. The Morgan fingerprint density at radius 2 is 0.505 bits per heavy atom. The third-order valence-corrected chi connectivity index (χ3v) is 19.8. The first-order valence-electron chi connectivity index (χ1n) is 39.2. The monoisotopic (exact) mass is 1400 g/mol. The zero-order chi connectivity index (χ0) is 70.3. The molecule has 564 valence electrons. The highest BCUT2D eigenvalue weighted by Crippen LogP contribution is 2.45. The Kier molecular flexibility index (Phi) is 64.0. The number of carbonyl (C=O) groups excluding carboxylic acids is 4. The lowest BCUT2D eigenvalue weighted by atomic mass is 10.00. The SMILES string of the molecule is CCC(C)CCCCCCCCC(=O)O[C@H](COC(=O)CCCCCCCCCCCCCCCCCCCCC(C)C)COP(=O)(O)OCC(O)COP(=O)(O)OC[C@@H](COC(=O)CCCCCCCCCC(C)C)OC(=O)CCCCCCCCCCCCCC(C)C. The summed E-state index contributed by atoms with van der Waals surface area (Å²) < 4.78 is 68.4. The van der Waals surface area contributed by atoms with Gasteiger partial charge in [-0.3, -0.25) is 37.3 Å². The van der Waals surface area contributed by atoms with E-state index in [1.807, 2.05) is 0 Å². The Morgan fingerprint density at radius 3 is 0.747 bits per heavy atom. The molecule has 95 heavy (non-hydrogen) atoms. The molecule has 0 aromatic carbocycles. The molecule has 0 aromatic rings. The molecule has 0 amide bonds. The predicted octanol–water partition coefficient (Wildman–Crippen LogP) is 22.0.